The summed E-state index contributed by atoms with van der Waals surface area (Å²) in [6.45, 7) is 3.00. The number of aromatic amines is 1. The first-order valence-corrected chi connectivity index (χ1v) is 44.2. The normalized spacial score (nSPS) is 16.1. The predicted molar refractivity (Wildman–Crippen MR) is 481 cm³/mol. The molecule has 18 amide bonds. The van der Waals surface area contributed by atoms with Gasteiger partial charge in [0.05, 0.1) is 51.1 Å². The SMILES string of the molecule is CC(C)C[C@H](NC(=O)CNC(=O)CNC(=O)[C@H](Cc1c(F)c(F)c(F)c(F)c1F)NC(=O)[C@H](Cc1cnc[nH]1)NC(=O)CNC(=O)[C@@H](NC(=O)[C@H](NC(=O)[C@H](Cc1ccccc1)NC(=O)[C@H](CCCN=C(N)N)NC(=O)[C@@H](N)CCC(N)=O)C(C)(C)S)[C@@H](C)O)C(=O)N[C@@H](Cc1ccc(O)cc1)C(=O)N1CCC[C@H]1C(=O)N[C@H](CS)C(=O)N[C@@H](CC(N)=O)C(=O)NCC(=O)N1CCC[C@H]1C(=O)O. The van der Waals surface area contributed by atoms with Gasteiger partial charge in [0, 0.05) is 79.7 Å². The number of aromatic nitrogens is 2. The zero-order valence-corrected chi connectivity index (χ0v) is 76.9. The van der Waals surface area contributed by atoms with Crippen LogP contribution in [-0.4, -0.2) is 294 Å². The van der Waals surface area contributed by atoms with Crippen LogP contribution in [0.4, 0.5) is 22.0 Å². The van der Waals surface area contributed by atoms with Gasteiger partial charge in [-0.1, -0.05) is 56.3 Å². The third-order valence-electron chi connectivity index (χ3n) is 21.4. The van der Waals surface area contributed by atoms with Crippen LogP contribution >= 0.6 is 25.3 Å². The molecule has 14 atom stereocenters. The monoisotopic (exact) mass is 1970 g/mol. The lowest BCUT2D eigenvalue weighted by atomic mass is 9.99. The maximum Gasteiger partial charge on any atom is 0.326 e. The Labute approximate surface area is 791 Å². The van der Waals surface area contributed by atoms with E-state index in [2.05, 4.69) is 104 Å². The molecule has 3 aromatic carbocycles. The van der Waals surface area contributed by atoms with Crippen LogP contribution in [0, 0.1) is 35.0 Å². The van der Waals surface area contributed by atoms with Crippen LogP contribution in [0.25, 0.3) is 0 Å². The number of hydrogen-bond acceptors (Lipinski definition) is 26. The fourth-order valence-electron chi connectivity index (χ4n) is 14.3. The molecule has 3 heterocycles. The summed E-state index contributed by atoms with van der Waals surface area (Å²) >= 11 is 8.73. The molecular formula is C84H115F5N24O22S2. The van der Waals surface area contributed by atoms with Crippen molar-refractivity contribution in [3.8, 4) is 5.75 Å². The van der Waals surface area contributed by atoms with E-state index in [0.717, 1.165) is 29.2 Å². The number of phenols is 1. The van der Waals surface area contributed by atoms with Gasteiger partial charge in [-0.05, 0) is 101 Å². The van der Waals surface area contributed by atoms with Crippen molar-refractivity contribution in [2.75, 3.05) is 51.6 Å². The van der Waals surface area contributed by atoms with E-state index in [-0.39, 0.29) is 101 Å². The number of aliphatic carboxylic acids is 1. The Kier molecular flexibility index (Phi) is 43.6. The van der Waals surface area contributed by atoms with Crippen molar-refractivity contribution in [3.05, 3.63) is 119 Å². The summed E-state index contributed by atoms with van der Waals surface area (Å²) in [4.78, 5) is 271. The van der Waals surface area contributed by atoms with Gasteiger partial charge in [0.1, 0.15) is 78.3 Å². The molecule has 0 spiro atoms. The number of carbonyl (C=O) groups excluding carboxylic acids is 18. The Morgan fingerprint density at radius 1 is 0.533 bits per heavy atom. The number of aliphatic hydroxyl groups is 1. The molecule has 28 N–H and O–H groups in total. The van der Waals surface area contributed by atoms with Gasteiger partial charge in [-0.15, -0.1) is 0 Å². The van der Waals surface area contributed by atoms with Crippen molar-refractivity contribution in [3.63, 3.8) is 0 Å². The van der Waals surface area contributed by atoms with Gasteiger partial charge in [-0.25, -0.2) is 31.7 Å². The number of phenolic OH excluding ortho intramolecular Hbond substituents is 1. The van der Waals surface area contributed by atoms with Crippen LogP contribution in [0.2, 0.25) is 0 Å². The van der Waals surface area contributed by atoms with E-state index < -0.39 is 293 Å². The number of halogens is 5. The molecule has 53 heteroatoms. The molecule has 750 valence electrons. The average Bonchev–Trinajstić information content (AvgIpc) is 1.48. The Bertz CT molecular complexity index is 5020. The van der Waals surface area contributed by atoms with Gasteiger partial charge in [-0.3, -0.25) is 91.3 Å². The minimum atomic E-state index is -2.62. The number of likely N-dealkylation sites (tertiary alicyclic amines) is 2. The first kappa shape index (κ1) is 112. The molecule has 46 nitrogen and oxygen atoms in total. The fraction of sp³-hybridized carbons (Fsp3) is 0.512. The van der Waals surface area contributed by atoms with Crippen LogP contribution in [0.3, 0.4) is 0 Å². The molecule has 0 saturated carbocycles. The van der Waals surface area contributed by atoms with Crippen molar-refractivity contribution < 1.29 is 128 Å². The average molecular weight is 1970 g/mol. The number of hydrogen-bond donors (Lipinski definition) is 25. The standard InChI is InChI=1S/C84H115F5N24O22S2/c1-39(2)26-48(74(126)108-53(28-42-17-19-44(115)20-18-42)81(133)113-25-10-15-55(113)78(130)109-54(37-136)77(129)107-52(31-58(92)117)72(124)100-36-62(121)112-24-11-16-56(112)82(134)135)102-60(119)34-97-59(118)33-98-71(123)51(30-45-63(85)65(87)67(89)66(88)64(45)86)106-75(127)50(29-43-32-95-38-101-43)103-61(120)35-99-79(131)68(40(3)114)110-80(132)69(84(4,5)137)111-76(128)49(27-41-12-7-6-8-13-41)105-73(125)47(14-9-23-96-83(93)94)104-70(122)46(90)21-22-57(91)116/h6-8,12-13,17-20,32,38-40,46-56,68-69,114-115,136-137H,9-11,14-16,21-31,33-37,90H2,1-5H3,(H2,91,116)(H2,92,117)(H,95,101)(H,97,118)(H,98,123)(H,99,131)(H,100,124)(H,102,119)(H,103,120)(H,104,122)(H,105,125)(H,106,127)(H,107,129)(H,108,126)(H,109,130)(H,110,132)(H,111,128)(H,134,135)(H4,93,94,96)/t40-,46+,47+,48+,49+,50+,51+,52+,53+,54-,55+,56+,68+,69+/m1/s1. The third kappa shape index (κ3) is 35.4. The van der Waals surface area contributed by atoms with Crippen LogP contribution in [0.5, 0.6) is 5.75 Å². The smallest absolute Gasteiger partial charge is 0.326 e. The molecule has 137 heavy (non-hydrogen) atoms. The maximum absolute atomic E-state index is 15.5. The summed E-state index contributed by atoms with van der Waals surface area (Å²) in [5.74, 6) is -34.6. The van der Waals surface area contributed by atoms with E-state index in [1.807, 2.05) is 10.6 Å². The van der Waals surface area contributed by atoms with Gasteiger partial charge in [0.15, 0.2) is 29.2 Å². The fourth-order valence-corrected chi connectivity index (χ4v) is 14.7. The number of guanidine groups is 1. The van der Waals surface area contributed by atoms with E-state index in [1.54, 1.807) is 44.2 Å². The molecular weight excluding hydrogens is 1860 g/mol. The quantitative estimate of drug-likeness (QED) is 0.00372. The van der Waals surface area contributed by atoms with E-state index in [4.69, 9.17) is 28.7 Å². The second-order valence-electron chi connectivity index (χ2n) is 33.3. The molecule has 4 aromatic rings. The van der Waals surface area contributed by atoms with Gasteiger partial charge in [0.25, 0.3) is 0 Å². The second-order valence-corrected chi connectivity index (χ2v) is 34.8. The van der Waals surface area contributed by atoms with Crippen LogP contribution in [0.1, 0.15) is 121 Å². The summed E-state index contributed by atoms with van der Waals surface area (Å²) in [5, 5.41) is 63.2. The number of imidazole rings is 1. The molecule has 0 aliphatic carbocycles. The summed E-state index contributed by atoms with van der Waals surface area (Å²) < 4.78 is 73.6. The Morgan fingerprint density at radius 2 is 1.04 bits per heavy atom. The molecule has 0 bridgehead atoms. The number of aliphatic hydroxyl groups excluding tert-OH is 1. The molecule has 2 aliphatic heterocycles. The highest BCUT2D eigenvalue weighted by atomic mass is 32.1. The van der Waals surface area contributed by atoms with E-state index in [1.165, 1.54) is 38.1 Å². The molecule has 6 rings (SSSR count). The highest BCUT2D eigenvalue weighted by molar-refractivity contribution is 7.81. The maximum atomic E-state index is 15.5. The Balaban J connectivity index is 1.13. The number of carboxylic acids is 1. The molecule has 2 aliphatic rings. The minimum absolute atomic E-state index is 0.00939. The molecule has 2 fully saturated rings. The van der Waals surface area contributed by atoms with Crippen molar-refractivity contribution >= 4 is 144 Å². The zero-order valence-electron chi connectivity index (χ0n) is 75.1. The molecule has 0 unspecified atom stereocenters. The van der Waals surface area contributed by atoms with Crippen molar-refractivity contribution in [2.24, 2.45) is 39.6 Å². The van der Waals surface area contributed by atoms with Gasteiger partial charge >= 0.3 is 5.97 Å². The summed E-state index contributed by atoms with van der Waals surface area (Å²) in [6, 6.07) is -7.80. The Morgan fingerprint density at radius 3 is 1.61 bits per heavy atom. The molecule has 1 aromatic heterocycles. The Hall–Kier alpha value is -13.9. The summed E-state index contributed by atoms with van der Waals surface area (Å²) in [5.41, 5.74) is 26.7. The van der Waals surface area contributed by atoms with E-state index in [9.17, 15) is 120 Å². The van der Waals surface area contributed by atoms with Crippen LogP contribution < -0.4 is 103 Å². The van der Waals surface area contributed by atoms with Gasteiger partial charge < -0.3 is 133 Å². The topological polar surface area (TPSA) is 731 Å². The number of amides is 18. The van der Waals surface area contributed by atoms with E-state index in [0.29, 0.717) is 17.5 Å². The third-order valence-corrected chi connectivity index (χ3v) is 22.1. The zero-order chi connectivity index (χ0) is 102. The van der Waals surface area contributed by atoms with Crippen LogP contribution in [0.15, 0.2) is 72.1 Å². The minimum Gasteiger partial charge on any atom is -0.508 e. The van der Waals surface area contributed by atoms with Crippen molar-refractivity contribution in [2.45, 2.75) is 214 Å². The number of H-pyrrole nitrogens is 1. The molecule has 0 radical (unpaired) electrons. The number of nitrogens with two attached hydrogens (primary N) is 5. The highest BCUT2D eigenvalue weighted by Crippen LogP contribution is 2.27. The number of primary amides is 2. The first-order chi connectivity index (χ1) is 64.5. The lowest BCUT2D eigenvalue weighted by molar-refractivity contribution is -0.148. The lowest BCUT2D eigenvalue weighted by Gasteiger charge is -2.33. The van der Waals surface area contributed by atoms with Crippen molar-refractivity contribution in [1.82, 2.24) is 94.2 Å². The number of thiol groups is 2. The number of aliphatic imine (C=N–C) groups is 1. The number of nitrogens with one attached hydrogen (secondary N) is 15. The predicted octanol–water partition coefficient (Wildman–Crippen LogP) is -6.95. The van der Waals surface area contributed by atoms with E-state index >= 15 is 8.78 Å². The van der Waals surface area contributed by atoms with Crippen LogP contribution in [-0.2, 0) is 117 Å². The number of carboxylic acid groups (broad SMARTS) is 1. The number of aromatic hydroxyl groups is 1. The number of rotatable bonds is 53. The molecule has 2 saturated heterocycles. The highest BCUT2D eigenvalue weighted by Gasteiger charge is 2.44. The van der Waals surface area contributed by atoms with Gasteiger partial charge in [-0.2, -0.15) is 25.3 Å². The number of benzene rings is 3. The second kappa shape index (κ2) is 53.4. The number of carbonyl (C=O) groups is 19. The first-order valence-electron chi connectivity index (χ1n) is 43.1. The largest absolute Gasteiger partial charge is 0.508 e. The summed E-state index contributed by atoms with van der Waals surface area (Å²) in [7, 11) is 0. The van der Waals surface area contributed by atoms with Gasteiger partial charge in [0.2, 0.25) is 112 Å². The number of nitrogens with zero attached hydrogens (tertiary/aromatic N) is 4. The lowest BCUT2D eigenvalue weighted by Crippen LogP contribution is -2.64. The van der Waals surface area contributed by atoms with Crippen molar-refractivity contribution in [1.29, 1.82) is 0 Å². The summed E-state index contributed by atoms with van der Waals surface area (Å²) in [6.07, 6.45) is -3.09.